The van der Waals surface area contributed by atoms with E-state index < -0.39 is 12.0 Å². The third-order valence-electron chi connectivity index (χ3n) is 1.64. The minimum Gasteiger partial charge on any atom is -0.449 e. The molecule has 0 spiro atoms. The van der Waals surface area contributed by atoms with Crippen LogP contribution in [-0.2, 0) is 4.74 Å². The van der Waals surface area contributed by atoms with E-state index in [1.54, 1.807) is 31.2 Å². The molecule has 2 amide bonds. The van der Waals surface area contributed by atoms with Crippen LogP contribution in [0.25, 0.3) is 0 Å². The highest BCUT2D eigenvalue weighted by molar-refractivity contribution is 9.10. The molecule has 5 nitrogen and oxygen atoms in total. The van der Waals surface area contributed by atoms with Crippen molar-refractivity contribution in [3.8, 4) is 0 Å². The molecule has 0 aliphatic rings. The van der Waals surface area contributed by atoms with E-state index in [1.165, 1.54) is 0 Å². The number of halogens is 1. The molecule has 1 aromatic carbocycles. The second-order valence-electron chi connectivity index (χ2n) is 2.81. The lowest BCUT2D eigenvalue weighted by atomic mass is 10.2. The molecule has 0 aliphatic heterocycles. The lowest BCUT2D eigenvalue weighted by molar-refractivity contribution is 0.0912. The van der Waals surface area contributed by atoms with E-state index in [1.807, 2.05) is 0 Å². The molecule has 0 aromatic heterocycles. The van der Waals surface area contributed by atoms with Crippen LogP contribution in [0.15, 0.2) is 28.7 Å². The van der Waals surface area contributed by atoms with Gasteiger partial charge < -0.3 is 4.74 Å². The molecule has 1 rings (SSSR count). The number of ether oxygens (including phenoxy) is 1. The van der Waals surface area contributed by atoms with Crippen molar-refractivity contribution in [2.75, 3.05) is 6.61 Å². The van der Waals surface area contributed by atoms with E-state index in [4.69, 9.17) is 0 Å². The van der Waals surface area contributed by atoms with Crippen LogP contribution in [0.1, 0.15) is 17.3 Å². The summed E-state index contributed by atoms with van der Waals surface area (Å²) in [5, 5.41) is 0. The smallest absolute Gasteiger partial charge is 0.426 e. The normalized spacial score (nSPS) is 9.38. The molecular weight excluding hydrogens is 276 g/mol. The van der Waals surface area contributed by atoms with Gasteiger partial charge in [-0.25, -0.2) is 10.2 Å². The first kappa shape index (κ1) is 12.5. The number of nitrogens with one attached hydrogen (secondary N) is 2. The van der Waals surface area contributed by atoms with Crippen molar-refractivity contribution in [2.45, 2.75) is 6.92 Å². The molecule has 0 aliphatic carbocycles. The summed E-state index contributed by atoms with van der Waals surface area (Å²) in [6.45, 7) is 1.92. The molecule has 0 saturated carbocycles. The van der Waals surface area contributed by atoms with Crippen molar-refractivity contribution in [1.82, 2.24) is 10.9 Å². The number of hydrazine groups is 1. The van der Waals surface area contributed by atoms with Gasteiger partial charge in [-0.3, -0.25) is 10.2 Å². The van der Waals surface area contributed by atoms with E-state index in [0.29, 0.717) is 5.56 Å². The van der Waals surface area contributed by atoms with E-state index in [0.717, 1.165) is 4.47 Å². The zero-order valence-electron chi connectivity index (χ0n) is 8.62. The minimum atomic E-state index is -0.689. The topological polar surface area (TPSA) is 67.4 Å². The second-order valence-corrected chi connectivity index (χ2v) is 3.73. The maximum Gasteiger partial charge on any atom is 0.426 e. The summed E-state index contributed by atoms with van der Waals surface area (Å²) in [6.07, 6.45) is -0.689. The highest BCUT2D eigenvalue weighted by Crippen LogP contribution is 2.11. The van der Waals surface area contributed by atoms with E-state index in [-0.39, 0.29) is 6.61 Å². The van der Waals surface area contributed by atoms with Gasteiger partial charge in [-0.1, -0.05) is 22.0 Å². The number of carbonyl (C=O) groups is 2. The summed E-state index contributed by atoms with van der Waals surface area (Å²) >= 11 is 3.24. The van der Waals surface area contributed by atoms with Crippen molar-refractivity contribution in [2.24, 2.45) is 0 Å². The maximum absolute atomic E-state index is 11.5. The summed E-state index contributed by atoms with van der Waals surface area (Å²) in [4.78, 5) is 22.4. The van der Waals surface area contributed by atoms with Crippen molar-refractivity contribution in [3.63, 3.8) is 0 Å². The molecule has 86 valence electrons. The van der Waals surface area contributed by atoms with Gasteiger partial charge >= 0.3 is 6.09 Å². The van der Waals surface area contributed by atoms with Gasteiger partial charge in [-0.05, 0) is 25.1 Å². The van der Waals surface area contributed by atoms with Gasteiger partial charge in [0.05, 0.1) is 6.61 Å². The third kappa shape index (κ3) is 3.90. The maximum atomic E-state index is 11.5. The fraction of sp³-hybridized carbons (Fsp3) is 0.200. The number of hydrogen-bond acceptors (Lipinski definition) is 3. The van der Waals surface area contributed by atoms with Gasteiger partial charge in [-0.2, -0.15) is 0 Å². The first-order valence-electron chi connectivity index (χ1n) is 4.62. The summed E-state index contributed by atoms with van der Waals surface area (Å²) in [5.41, 5.74) is 4.79. The number of rotatable bonds is 2. The van der Waals surface area contributed by atoms with Gasteiger partial charge in [0.2, 0.25) is 0 Å². The van der Waals surface area contributed by atoms with Crippen molar-refractivity contribution >= 4 is 27.9 Å². The van der Waals surface area contributed by atoms with E-state index in [2.05, 4.69) is 31.5 Å². The van der Waals surface area contributed by atoms with Crippen LogP contribution < -0.4 is 10.9 Å². The Hall–Kier alpha value is -1.56. The Morgan fingerprint density at radius 3 is 2.75 bits per heavy atom. The molecular formula is C10H11BrN2O3. The quantitative estimate of drug-likeness (QED) is 0.816. The van der Waals surface area contributed by atoms with Crippen LogP contribution in [0.3, 0.4) is 0 Å². The van der Waals surface area contributed by atoms with Crippen LogP contribution >= 0.6 is 15.9 Å². The third-order valence-corrected chi connectivity index (χ3v) is 2.13. The number of benzene rings is 1. The molecule has 2 N–H and O–H groups in total. The summed E-state index contributed by atoms with van der Waals surface area (Å²) < 4.78 is 5.37. The molecule has 0 fully saturated rings. The molecule has 0 atom stereocenters. The molecule has 1 aromatic rings. The molecule has 0 bridgehead atoms. The van der Waals surface area contributed by atoms with Crippen LogP contribution in [0.5, 0.6) is 0 Å². The molecule has 6 heteroatoms. The fourth-order valence-electron chi connectivity index (χ4n) is 0.977. The molecule has 0 saturated heterocycles. The number of carbonyl (C=O) groups excluding carboxylic acids is 2. The van der Waals surface area contributed by atoms with Crippen molar-refractivity contribution in [3.05, 3.63) is 34.3 Å². The van der Waals surface area contributed by atoms with Crippen LogP contribution in [-0.4, -0.2) is 18.6 Å². The first-order valence-corrected chi connectivity index (χ1v) is 5.41. The average Bonchev–Trinajstić information content (AvgIpc) is 2.26. The van der Waals surface area contributed by atoms with Gasteiger partial charge in [0.25, 0.3) is 5.91 Å². The molecule has 0 radical (unpaired) electrons. The zero-order valence-corrected chi connectivity index (χ0v) is 10.2. The van der Waals surface area contributed by atoms with E-state index in [9.17, 15) is 9.59 Å². The molecule has 0 unspecified atom stereocenters. The summed E-state index contributed by atoms with van der Waals surface area (Å²) in [6, 6.07) is 6.80. The Morgan fingerprint density at radius 1 is 1.38 bits per heavy atom. The Morgan fingerprint density at radius 2 is 2.12 bits per heavy atom. The van der Waals surface area contributed by atoms with Crippen LogP contribution in [0.2, 0.25) is 0 Å². The Labute approximate surface area is 101 Å². The first-order chi connectivity index (χ1) is 7.63. The lowest BCUT2D eigenvalue weighted by Crippen LogP contribution is -2.41. The van der Waals surface area contributed by atoms with Gasteiger partial charge in [0.15, 0.2) is 0 Å². The minimum absolute atomic E-state index is 0.249. The average molecular weight is 287 g/mol. The molecule has 0 heterocycles. The highest BCUT2D eigenvalue weighted by atomic mass is 79.9. The monoisotopic (exact) mass is 286 g/mol. The number of amides is 2. The van der Waals surface area contributed by atoms with Crippen LogP contribution in [0, 0.1) is 0 Å². The second kappa shape index (κ2) is 6.12. The van der Waals surface area contributed by atoms with Crippen LogP contribution in [0.4, 0.5) is 4.79 Å². The Bertz CT molecular complexity index is 395. The SMILES string of the molecule is CCOC(=O)NNC(=O)c1cccc(Br)c1. The predicted molar refractivity (Wildman–Crippen MR) is 61.8 cm³/mol. The van der Waals surface area contributed by atoms with Gasteiger partial charge in [-0.15, -0.1) is 0 Å². The largest absolute Gasteiger partial charge is 0.449 e. The summed E-state index contributed by atoms with van der Waals surface area (Å²) in [5.74, 6) is -0.408. The van der Waals surface area contributed by atoms with Gasteiger partial charge in [0, 0.05) is 10.0 Å². The highest BCUT2D eigenvalue weighted by Gasteiger charge is 2.07. The lowest BCUT2D eigenvalue weighted by Gasteiger charge is -2.07. The standard InChI is InChI=1S/C10H11BrN2O3/c1-2-16-10(15)13-12-9(14)7-4-3-5-8(11)6-7/h3-6H,2H2,1H3,(H,12,14)(H,13,15). The molecule has 16 heavy (non-hydrogen) atoms. The zero-order chi connectivity index (χ0) is 12.0. The Kier molecular flexibility index (Phi) is 4.78. The predicted octanol–water partition coefficient (Wildman–Crippen LogP) is 1.84. The summed E-state index contributed by atoms with van der Waals surface area (Å²) in [7, 11) is 0. The fourth-order valence-corrected chi connectivity index (χ4v) is 1.38. The van der Waals surface area contributed by atoms with E-state index >= 15 is 0 Å². The van der Waals surface area contributed by atoms with Gasteiger partial charge in [0.1, 0.15) is 0 Å². The van der Waals surface area contributed by atoms with Crippen molar-refractivity contribution < 1.29 is 14.3 Å². The van der Waals surface area contributed by atoms with Crippen molar-refractivity contribution in [1.29, 1.82) is 0 Å². The number of hydrogen-bond donors (Lipinski definition) is 2. The Balaban J connectivity index is 2.50.